The van der Waals surface area contributed by atoms with E-state index in [2.05, 4.69) is 43.1 Å². The highest BCUT2D eigenvalue weighted by atomic mass is 16.2. The van der Waals surface area contributed by atoms with Crippen molar-refractivity contribution in [3.8, 4) is 0 Å². The Hall–Kier alpha value is -1.35. The first-order chi connectivity index (χ1) is 12.9. The van der Waals surface area contributed by atoms with Crippen molar-refractivity contribution < 1.29 is 4.79 Å². The van der Waals surface area contributed by atoms with Gasteiger partial charge < -0.3 is 10.2 Å². The molecule has 148 valence electrons. The second-order valence-corrected chi connectivity index (χ2v) is 10.1. The first-order valence-electron chi connectivity index (χ1n) is 11.0. The van der Waals surface area contributed by atoms with Crippen molar-refractivity contribution in [1.82, 2.24) is 5.32 Å². The molecule has 0 unspecified atom stereocenters. The number of fused-ring (bicyclic) bond motifs is 2. The van der Waals surface area contributed by atoms with Crippen LogP contribution in [0.1, 0.15) is 72.1 Å². The molecule has 27 heavy (non-hydrogen) atoms. The number of rotatable bonds is 5. The van der Waals surface area contributed by atoms with Crippen LogP contribution in [0.3, 0.4) is 0 Å². The predicted octanol–water partition coefficient (Wildman–Crippen LogP) is 5.16. The highest BCUT2D eigenvalue weighted by Crippen LogP contribution is 2.62. The van der Waals surface area contributed by atoms with E-state index in [1.165, 1.54) is 38.5 Å². The zero-order chi connectivity index (χ0) is 19.1. The van der Waals surface area contributed by atoms with Gasteiger partial charge in [0.05, 0.1) is 6.54 Å². The highest BCUT2D eigenvalue weighted by Gasteiger charge is 2.59. The number of anilines is 1. The fourth-order valence-electron chi connectivity index (χ4n) is 6.57. The van der Waals surface area contributed by atoms with Gasteiger partial charge in [0.1, 0.15) is 0 Å². The minimum atomic E-state index is 0.246. The van der Waals surface area contributed by atoms with Crippen LogP contribution >= 0.6 is 0 Å². The Bertz CT molecular complexity index is 659. The smallest absolute Gasteiger partial charge is 0.241 e. The standard InChI is InChI=1S/C24H36N2O/c1-23(2)18-14-15-24(3,16-18)22(23)25-17-21(27)26(19-10-6-4-7-11-19)20-12-8-5-9-13-20/h4,6-7,10-11,18,20,22,25H,5,8-9,12-17H2,1-3H3/t18-,22+,24+/m0/s1. The summed E-state index contributed by atoms with van der Waals surface area (Å²) in [5.41, 5.74) is 1.71. The zero-order valence-electron chi connectivity index (χ0n) is 17.3. The molecule has 0 heterocycles. The number of carbonyl (C=O) groups is 1. The summed E-state index contributed by atoms with van der Waals surface area (Å²) in [7, 11) is 0. The molecule has 3 heteroatoms. The first kappa shape index (κ1) is 19.0. The molecule has 3 saturated carbocycles. The maximum atomic E-state index is 13.4. The van der Waals surface area contributed by atoms with Gasteiger partial charge in [-0.05, 0) is 61.0 Å². The van der Waals surface area contributed by atoms with Crippen LogP contribution in [0.25, 0.3) is 0 Å². The van der Waals surface area contributed by atoms with Crippen LogP contribution in [0.5, 0.6) is 0 Å². The van der Waals surface area contributed by atoms with Gasteiger partial charge >= 0.3 is 0 Å². The van der Waals surface area contributed by atoms with Crippen LogP contribution < -0.4 is 10.2 Å². The number of hydrogen-bond donors (Lipinski definition) is 1. The number of nitrogens with zero attached hydrogens (tertiary/aromatic N) is 1. The van der Waals surface area contributed by atoms with E-state index < -0.39 is 0 Å². The third-order valence-corrected chi connectivity index (χ3v) is 7.97. The number of benzene rings is 1. The zero-order valence-corrected chi connectivity index (χ0v) is 17.3. The Balaban J connectivity index is 1.49. The van der Waals surface area contributed by atoms with E-state index in [1.807, 2.05) is 18.2 Å². The summed E-state index contributed by atoms with van der Waals surface area (Å²) in [4.78, 5) is 15.5. The fourth-order valence-corrected chi connectivity index (χ4v) is 6.57. The molecule has 1 amide bonds. The lowest BCUT2D eigenvalue weighted by Crippen LogP contribution is -2.54. The summed E-state index contributed by atoms with van der Waals surface area (Å²) >= 11 is 0. The summed E-state index contributed by atoms with van der Waals surface area (Å²) in [5.74, 6) is 1.05. The van der Waals surface area contributed by atoms with Gasteiger partial charge in [0, 0.05) is 17.8 Å². The molecule has 2 bridgehead atoms. The number of nitrogens with one attached hydrogen (secondary N) is 1. The summed E-state index contributed by atoms with van der Waals surface area (Å²) < 4.78 is 0. The number of para-hydroxylation sites is 1. The molecule has 3 aliphatic rings. The Morgan fingerprint density at radius 3 is 2.41 bits per heavy atom. The number of amides is 1. The Morgan fingerprint density at radius 1 is 1.07 bits per heavy atom. The summed E-state index contributed by atoms with van der Waals surface area (Å²) in [5, 5.41) is 3.74. The predicted molar refractivity (Wildman–Crippen MR) is 112 cm³/mol. The van der Waals surface area contributed by atoms with Gasteiger partial charge in [-0.2, -0.15) is 0 Å². The normalized spacial score (nSPS) is 32.6. The van der Waals surface area contributed by atoms with Gasteiger partial charge in [0.15, 0.2) is 0 Å². The van der Waals surface area contributed by atoms with Crippen molar-refractivity contribution in [2.75, 3.05) is 11.4 Å². The quantitative estimate of drug-likeness (QED) is 0.779. The molecule has 0 aromatic heterocycles. The average Bonchev–Trinajstić information content (AvgIpc) is 3.14. The van der Waals surface area contributed by atoms with Crippen molar-refractivity contribution in [2.45, 2.75) is 84.2 Å². The van der Waals surface area contributed by atoms with Crippen LogP contribution in [-0.4, -0.2) is 24.5 Å². The molecule has 0 radical (unpaired) electrons. The molecule has 0 spiro atoms. The van der Waals surface area contributed by atoms with Crippen molar-refractivity contribution >= 4 is 11.6 Å². The molecule has 3 nitrogen and oxygen atoms in total. The molecule has 3 atom stereocenters. The SMILES string of the molecule is CC1(C)[C@H]2CC[C@](C)(C2)[C@@H]1NCC(=O)N(c1ccccc1)C1CCCCC1. The van der Waals surface area contributed by atoms with E-state index in [0.29, 0.717) is 24.0 Å². The molecule has 0 aliphatic heterocycles. The molecule has 4 rings (SSSR count). The molecule has 1 N–H and O–H groups in total. The van der Waals surface area contributed by atoms with Gasteiger partial charge in [-0.1, -0.05) is 58.2 Å². The highest BCUT2D eigenvalue weighted by molar-refractivity contribution is 5.95. The molecule has 3 aliphatic carbocycles. The second-order valence-electron chi connectivity index (χ2n) is 10.1. The minimum absolute atomic E-state index is 0.246. The first-order valence-corrected chi connectivity index (χ1v) is 11.0. The van der Waals surface area contributed by atoms with Crippen LogP contribution in [-0.2, 0) is 4.79 Å². The second kappa shape index (κ2) is 7.24. The number of hydrogen-bond acceptors (Lipinski definition) is 2. The van der Waals surface area contributed by atoms with Gasteiger partial charge in [-0.25, -0.2) is 0 Å². The van der Waals surface area contributed by atoms with Crippen LogP contribution in [0.15, 0.2) is 30.3 Å². The summed E-state index contributed by atoms with van der Waals surface area (Å²) in [6, 6.07) is 11.1. The molecule has 3 fully saturated rings. The summed E-state index contributed by atoms with van der Waals surface area (Å²) in [6.07, 6.45) is 10.0. The van der Waals surface area contributed by atoms with Crippen LogP contribution in [0.2, 0.25) is 0 Å². The third kappa shape index (κ3) is 3.44. The van der Waals surface area contributed by atoms with Gasteiger partial charge in [0.25, 0.3) is 0 Å². The molecule has 1 aromatic carbocycles. The minimum Gasteiger partial charge on any atom is -0.308 e. The molecular weight excluding hydrogens is 332 g/mol. The summed E-state index contributed by atoms with van der Waals surface area (Å²) in [6.45, 7) is 7.70. The maximum absolute atomic E-state index is 13.4. The Kier molecular flexibility index (Phi) is 5.09. The van der Waals surface area contributed by atoms with Crippen molar-refractivity contribution in [1.29, 1.82) is 0 Å². The third-order valence-electron chi connectivity index (χ3n) is 7.97. The Morgan fingerprint density at radius 2 is 1.78 bits per heavy atom. The van der Waals surface area contributed by atoms with Gasteiger partial charge in [0.2, 0.25) is 5.91 Å². The van der Waals surface area contributed by atoms with Crippen molar-refractivity contribution in [3.63, 3.8) is 0 Å². The lowest BCUT2D eigenvalue weighted by atomic mass is 9.68. The average molecular weight is 369 g/mol. The van der Waals surface area contributed by atoms with E-state index in [4.69, 9.17) is 0 Å². The van der Waals surface area contributed by atoms with E-state index in [9.17, 15) is 4.79 Å². The Labute approximate surface area is 164 Å². The largest absolute Gasteiger partial charge is 0.308 e. The van der Waals surface area contributed by atoms with E-state index in [0.717, 1.165) is 24.4 Å². The van der Waals surface area contributed by atoms with Crippen molar-refractivity contribution in [2.24, 2.45) is 16.7 Å². The maximum Gasteiger partial charge on any atom is 0.241 e. The van der Waals surface area contributed by atoms with E-state index in [1.54, 1.807) is 0 Å². The van der Waals surface area contributed by atoms with E-state index in [-0.39, 0.29) is 11.3 Å². The number of carbonyl (C=O) groups excluding carboxylic acids is 1. The van der Waals surface area contributed by atoms with Gasteiger partial charge in [-0.3, -0.25) is 4.79 Å². The lowest BCUT2D eigenvalue weighted by molar-refractivity contribution is -0.118. The van der Waals surface area contributed by atoms with Crippen LogP contribution in [0.4, 0.5) is 5.69 Å². The molecule has 1 aromatic rings. The van der Waals surface area contributed by atoms with Crippen LogP contribution in [0, 0.1) is 16.7 Å². The van der Waals surface area contributed by atoms with E-state index >= 15 is 0 Å². The van der Waals surface area contributed by atoms with Crippen molar-refractivity contribution in [3.05, 3.63) is 30.3 Å². The fraction of sp³-hybridized carbons (Fsp3) is 0.708. The molecule has 0 saturated heterocycles. The molecular formula is C24H36N2O. The lowest BCUT2D eigenvalue weighted by Gasteiger charge is -2.43. The monoisotopic (exact) mass is 368 g/mol. The topological polar surface area (TPSA) is 32.3 Å². The van der Waals surface area contributed by atoms with Gasteiger partial charge in [-0.15, -0.1) is 0 Å².